The second-order valence-electron chi connectivity index (χ2n) is 3.77. The molecule has 0 bridgehead atoms. The minimum absolute atomic E-state index is 0.151. The normalized spacial score (nSPS) is 13.3. The number of fused-ring (bicyclic) bond motifs is 1. The molecule has 0 aliphatic heterocycles. The molecular formula is C9H11N7S. The van der Waals surface area contributed by atoms with Crippen LogP contribution in [0.3, 0.4) is 0 Å². The van der Waals surface area contributed by atoms with Gasteiger partial charge in [0, 0.05) is 18.3 Å². The van der Waals surface area contributed by atoms with Gasteiger partial charge in [-0.15, -0.1) is 10.2 Å². The van der Waals surface area contributed by atoms with Crippen molar-refractivity contribution < 1.29 is 0 Å². The predicted molar refractivity (Wildman–Crippen MR) is 62.6 cm³/mol. The van der Waals surface area contributed by atoms with Gasteiger partial charge in [0.05, 0.1) is 12.4 Å². The van der Waals surface area contributed by atoms with Crippen LogP contribution in [-0.4, -0.2) is 29.8 Å². The summed E-state index contributed by atoms with van der Waals surface area (Å²) in [5, 5.41) is 13.2. The van der Waals surface area contributed by atoms with Gasteiger partial charge in [0.1, 0.15) is 5.01 Å². The van der Waals surface area contributed by atoms with E-state index in [1.807, 2.05) is 6.92 Å². The van der Waals surface area contributed by atoms with Crippen molar-refractivity contribution in [2.75, 3.05) is 0 Å². The fourth-order valence-corrected chi connectivity index (χ4v) is 2.49. The van der Waals surface area contributed by atoms with E-state index < -0.39 is 0 Å². The summed E-state index contributed by atoms with van der Waals surface area (Å²) in [6.45, 7) is 1.86. The maximum Gasteiger partial charge on any atom is 0.234 e. The Morgan fingerprint density at radius 1 is 1.53 bits per heavy atom. The van der Waals surface area contributed by atoms with Gasteiger partial charge in [-0.1, -0.05) is 11.3 Å². The van der Waals surface area contributed by atoms with Crippen molar-refractivity contribution in [3.8, 4) is 0 Å². The number of nitrogens with two attached hydrogens (primary N) is 1. The van der Waals surface area contributed by atoms with Crippen LogP contribution in [-0.2, 0) is 6.42 Å². The van der Waals surface area contributed by atoms with Crippen LogP contribution < -0.4 is 5.73 Å². The minimum atomic E-state index is -0.151. The van der Waals surface area contributed by atoms with E-state index in [9.17, 15) is 0 Å². The van der Waals surface area contributed by atoms with Crippen LogP contribution in [0.2, 0.25) is 0 Å². The molecule has 0 fully saturated rings. The molecule has 0 saturated carbocycles. The van der Waals surface area contributed by atoms with E-state index in [4.69, 9.17) is 5.73 Å². The molecule has 3 N–H and O–H groups in total. The van der Waals surface area contributed by atoms with Crippen molar-refractivity contribution in [2.45, 2.75) is 19.4 Å². The smallest absolute Gasteiger partial charge is 0.234 e. The monoisotopic (exact) mass is 249 g/mol. The summed E-state index contributed by atoms with van der Waals surface area (Å²) in [5.41, 5.74) is 7.10. The third-order valence-electron chi connectivity index (χ3n) is 2.47. The topological polar surface area (TPSA) is 97.8 Å². The van der Waals surface area contributed by atoms with Gasteiger partial charge < -0.3 is 10.7 Å². The van der Waals surface area contributed by atoms with Crippen molar-refractivity contribution in [3.05, 3.63) is 29.1 Å². The summed E-state index contributed by atoms with van der Waals surface area (Å²) in [6, 6.07) is -0.151. The van der Waals surface area contributed by atoms with E-state index >= 15 is 0 Å². The van der Waals surface area contributed by atoms with Crippen LogP contribution in [0.15, 0.2) is 12.5 Å². The molecule has 0 radical (unpaired) electrons. The summed E-state index contributed by atoms with van der Waals surface area (Å²) < 4.78 is 1.72. The van der Waals surface area contributed by atoms with Gasteiger partial charge in [0.25, 0.3) is 0 Å². The largest absolute Gasteiger partial charge is 0.348 e. The van der Waals surface area contributed by atoms with Gasteiger partial charge >= 0.3 is 0 Å². The molecule has 0 amide bonds. The van der Waals surface area contributed by atoms with E-state index in [1.54, 1.807) is 17.0 Å². The van der Waals surface area contributed by atoms with Crippen molar-refractivity contribution in [1.82, 2.24) is 29.8 Å². The zero-order valence-corrected chi connectivity index (χ0v) is 9.98. The second-order valence-corrected chi connectivity index (χ2v) is 4.76. The number of aromatic amines is 1. The Balaban J connectivity index is 1.87. The summed E-state index contributed by atoms with van der Waals surface area (Å²) >= 11 is 1.47. The van der Waals surface area contributed by atoms with Gasteiger partial charge in [0.15, 0.2) is 5.82 Å². The Hall–Kier alpha value is -1.80. The highest BCUT2D eigenvalue weighted by Crippen LogP contribution is 2.21. The summed E-state index contributed by atoms with van der Waals surface area (Å²) in [5.74, 6) is 0.774. The average molecular weight is 249 g/mol. The number of hydrogen-bond donors (Lipinski definition) is 2. The van der Waals surface area contributed by atoms with Crippen molar-refractivity contribution >= 4 is 16.3 Å². The van der Waals surface area contributed by atoms with Gasteiger partial charge in [0.2, 0.25) is 4.96 Å². The average Bonchev–Trinajstić information content (AvgIpc) is 2.97. The molecule has 0 aliphatic carbocycles. The molecule has 3 aromatic rings. The molecule has 17 heavy (non-hydrogen) atoms. The third-order valence-corrected chi connectivity index (χ3v) is 3.50. The molecule has 3 heterocycles. The Kier molecular flexibility index (Phi) is 2.37. The summed E-state index contributed by atoms with van der Waals surface area (Å²) in [7, 11) is 0. The van der Waals surface area contributed by atoms with E-state index in [2.05, 4.69) is 25.3 Å². The summed E-state index contributed by atoms with van der Waals surface area (Å²) in [4.78, 5) is 7.76. The maximum atomic E-state index is 6.10. The van der Waals surface area contributed by atoms with Crippen LogP contribution >= 0.6 is 11.3 Å². The minimum Gasteiger partial charge on any atom is -0.348 e. The lowest BCUT2D eigenvalue weighted by molar-refractivity contribution is 0.681. The molecule has 0 saturated heterocycles. The Bertz CT molecular complexity index is 623. The molecule has 0 aliphatic rings. The molecule has 1 unspecified atom stereocenters. The van der Waals surface area contributed by atoms with E-state index in [1.165, 1.54) is 11.3 Å². The Morgan fingerprint density at radius 2 is 2.41 bits per heavy atom. The molecule has 7 nitrogen and oxygen atoms in total. The molecule has 88 valence electrons. The van der Waals surface area contributed by atoms with E-state index in [0.717, 1.165) is 21.5 Å². The molecular weight excluding hydrogens is 238 g/mol. The second kappa shape index (κ2) is 3.90. The van der Waals surface area contributed by atoms with Crippen molar-refractivity contribution in [2.24, 2.45) is 5.73 Å². The standard InChI is InChI=1S/C9H11N7S/c1-5-13-14-9-16(5)15-8(17-9)7(10)2-6-3-11-4-12-6/h3-4,7H,2,10H2,1H3,(H,11,12). The van der Waals surface area contributed by atoms with E-state index in [-0.39, 0.29) is 6.04 Å². The highest BCUT2D eigenvalue weighted by Gasteiger charge is 2.15. The Morgan fingerprint density at radius 3 is 3.12 bits per heavy atom. The highest BCUT2D eigenvalue weighted by molar-refractivity contribution is 7.16. The van der Waals surface area contributed by atoms with Crippen molar-refractivity contribution in [3.63, 3.8) is 0 Å². The van der Waals surface area contributed by atoms with Crippen LogP contribution in [0.4, 0.5) is 0 Å². The van der Waals surface area contributed by atoms with Gasteiger partial charge in [-0.2, -0.15) is 9.61 Å². The van der Waals surface area contributed by atoms with Crippen molar-refractivity contribution in [1.29, 1.82) is 0 Å². The summed E-state index contributed by atoms with van der Waals surface area (Å²) in [6.07, 6.45) is 4.10. The number of aromatic nitrogens is 6. The number of hydrogen-bond acceptors (Lipinski definition) is 6. The zero-order valence-electron chi connectivity index (χ0n) is 9.16. The van der Waals surface area contributed by atoms with Gasteiger partial charge in [-0.05, 0) is 6.92 Å². The first-order chi connectivity index (χ1) is 8.24. The van der Waals surface area contributed by atoms with Crippen LogP contribution in [0, 0.1) is 6.92 Å². The number of aryl methyl sites for hydroxylation is 1. The first-order valence-electron chi connectivity index (χ1n) is 5.15. The van der Waals surface area contributed by atoms with E-state index in [0.29, 0.717) is 6.42 Å². The number of nitrogens with one attached hydrogen (secondary N) is 1. The number of H-pyrrole nitrogens is 1. The molecule has 0 spiro atoms. The lowest BCUT2D eigenvalue weighted by Gasteiger charge is -2.04. The molecule has 8 heteroatoms. The van der Waals surface area contributed by atoms with Crippen LogP contribution in [0.25, 0.3) is 4.96 Å². The van der Waals surface area contributed by atoms with Crippen LogP contribution in [0.5, 0.6) is 0 Å². The lowest BCUT2D eigenvalue weighted by atomic mass is 10.2. The fraction of sp³-hybridized carbons (Fsp3) is 0.333. The van der Waals surface area contributed by atoms with Gasteiger partial charge in [-0.25, -0.2) is 4.98 Å². The fourth-order valence-electron chi connectivity index (χ4n) is 1.60. The third kappa shape index (κ3) is 1.81. The first kappa shape index (κ1) is 10.4. The predicted octanol–water partition coefficient (Wildman–Crippen LogP) is 0.460. The SMILES string of the molecule is Cc1nnc2sc(C(N)Cc3cnc[nH]3)nn12. The van der Waals surface area contributed by atoms with Gasteiger partial charge in [-0.3, -0.25) is 0 Å². The molecule has 1 atom stereocenters. The number of nitrogens with zero attached hydrogens (tertiary/aromatic N) is 5. The molecule has 0 aromatic carbocycles. The lowest BCUT2D eigenvalue weighted by Crippen LogP contribution is -2.13. The number of imidazole rings is 1. The van der Waals surface area contributed by atoms with Crippen LogP contribution in [0.1, 0.15) is 22.6 Å². The molecule has 3 aromatic heterocycles. The Labute approximate surface area is 101 Å². The molecule has 3 rings (SSSR count). The highest BCUT2D eigenvalue weighted by atomic mass is 32.1. The first-order valence-corrected chi connectivity index (χ1v) is 5.97. The number of rotatable bonds is 3. The maximum absolute atomic E-state index is 6.10. The zero-order chi connectivity index (χ0) is 11.8. The quantitative estimate of drug-likeness (QED) is 0.702.